The molecular formula is C24H19N3O4S. The van der Waals surface area contributed by atoms with Crippen molar-refractivity contribution in [2.75, 3.05) is 24.8 Å². The lowest BCUT2D eigenvalue weighted by molar-refractivity contribution is -0.0195. The molecule has 1 saturated heterocycles. The number of nitrogens with zero attached hydrogens (tertiary/aromatic N) is 3. The standard InChI is InChI=1S/C24H19N3O4S/c28-16-7-8-26-22(23(16)29)24(30)25-9-10-31-11-18(25)27(26)21-14-4-1-3-13-12-32-17-6-2-5-15(21)20(17)19(13)14/h1-8,18,21,29H,9-12H2. The number of ether oxygens (including phenoxy) is 1. The summed E-state index contributed by atoms with van der Waals surface area (Å²) in [4.78, 5) is 28.5. The lowest BCUT2D eigenvalue weighted by Gasteiger charge is -2.50. The number of pyridine rings is 1. The zero-order valence-corrected chi connectivity index (χ0v) is 17.8. The Kier molecular flexibility index (Phi) is 3.67. The van der Waals surface area contributed by atoms with E-state index >= 15 is 0 Å². The lowest BCUT2D eigenvalue weighted by atomic mass is 9.99. The van der Waals surface area contributed by atoms with Crippen molar-refractivity contribution in [2.24, 2.45) is 0 Å². The molecule has 7 rings (SSSR count). The van der Waals surface area contributed by atoms with Crippen molar-refractivity contribution in [1.29, 1.82) is 0 Å². The number of morpholine rings is 1. The molecule has 2 atom stereocenters. The Morgan fingerprint density at radius 3 is 2.72 bits per heavy atom. The average molecular weight is 446 g/mol. The van der Waals surface area contributed by atoms with Gasteiger partial charge in [-0.3, -0.25) is 19.3 Å². The van der Waals surface area contributed by atoms with Crippen molar-refractivity contribution in [3.63, 3.8) is 0 Å². The largest absolute Gasteiger partial charge is 0.502 e. The van der Waals surface area contributed by atoms with Crippen molar-refractivity contribution in [2.45, 2.75) is 22.9 Å². The highest BCUT2D eigenvalue weighted by Crippen LogP contribution is 2.55. The maximum Gasteiger partial charge on any atom is 0.278 e. The van der Waals surface area contributed by atoms with Crippen LogP contribution in [0.15, 0.2) is 58.4 Å². The number of thioether (sulfide) groups is 1. The summed E-state index contributed by atoms with van der Waals surface area (Å²) >= 11 is 1.84. The van der Waals surface area contributed by atoms with Gasteiger partial charge in [-0.05, 0) is 28.3 Å². The number of benzene rings is 2. The molecular weight excluding hydrogens is 426 g/mol. The van der Waals surface area contributed by atoms with Crippen molar-refractivity contribution in [1.82, 2.24) is 9.58 Å². The number of carbonyl (C=O) groups excluding carboxylic acids is 1. The fourth-order valence-corrected chi connectivity index (χ4v) is 6.67. The zero-order valence-electron chi connectivity index (χ0n) is 17.0. The van der Waals surface area contributed by atoms with Gasteiger partial charge >= 0.3 is 0 Å². The number of fused-ring (bicyclic) bond motifs is 2. The predicted octanol–water partition coefficient (Wildman–Crippen LogP) is 2.68. The molecule has 0 spiro atoms. The van der Waals surface area contributed by atoms with Crippen LogP contribution in [-0.2, 0) is 10.5 Å². The number of carbonyl (C=O) groups is 1. The summed E-state index contributed by atoms with van der Waals surface area (Å²) in [5, 5.41) is 12.7. The normalized spacial score (nSPS) is 22.4. The van der Waals surface area contributed by atoms with E-state index in [0.717, 1.165) is 5.75 Å². The van der Waals surface area contributed by atoms with Gasteiger partial charge in [-0.1, -0.05) is 30.3 Å². The minimum Gasteiger partial charge on any atom is -0.502 e. The average Bonchev–Trinajstić information content (AvgIpc) is 3.16. The minimum absolute atomic E-state index is 0.0159. The lowest BCUT2D eigenvalue weighted by Crippen LogP contribution is -2.66. The molecule has 4 heterocycles. The van der Waals surface area contributed by atoms with Crippen molar-refractivity contribution in [3.05, 3.63) is 81.3 Å². The zero-order chi connectivity index (χ0) is 21.6. The molecule has 3 aromatic rings. The van der Waals surface area contributed by atoms with Crippen LogP contribution < -0.4 is 10.4 Å². The van der Waals surface area contributed by atoms with Crippen LogP contribution in [0.4, 0.5) is 0 Å². The second-order valence-corrected chi connectivity index (χ2v) is 9.47. The molecule has 2 unspecified atom stereocenters. The highest BCUT2D eigenvalue weighted by molar-refractivity contribution is 7.98. The number of hydrogen-bond acceptors (Lipinski definition) is 6. The van der Waals surface area contributed by atoms with E-state index < -0.39 is 11.2 Å². The summed E-state index contributed by atoms with van der Waals surface area (Å²) in [5.74, 6) is 0.0759. The fourth-order valence-electron chi connectivity index (χ4n) is 5.58. The molecule has 32 heavy (non-hydrogen) atoms. The van der Waals surface area contributed by atoms with Crippen molar-refractivity contribution in [3.8, 4) is 16.9 Å². The smallest absolute Gasteiger partial charge is 0.278 e. The van der Waals surface area contributed by atoms with Crippen LogP contribution in [0.3, 0.4) is 0 Å². The van der Waals surface area contributed by atoms with Gasteiger partial charge in [0, 0.05) is 35.0 Å². The molecule has 4 aliphatic rings. The van der Waals surface area contributed by atoms with Crippen LogP contribution in [0.2, 0.25) is 0 Å². The van der Waals surface area contributed by atoms with Gasteiger partial charge in [-0.25, -0.2) is 0 Å². The fraction of sp³-hybridized carbons (Fsp3) is 0.250. The Morgan fingerprint density at radius 1 is 1.03 bits per heavy atom. The molecule has 7 nitrogen and oxygen atoms in total. The molecule has 1 aliphatic carbocycles. The van der Waals surface area contributed by atoms with E-state index in [1.165, 1.54) is 38.8 Å². The third kappa shape index (κ3) is 2.21. The van der Waals surface area contributed by atoms with E-state index in [2.05, 4.69) is 41.4 Å². The highest BCUT2D eigenvalue weighted by Gasteiger charge is 2.47. The third-order valence-corrected chi connectivity index (χ3v) is 8.01. The molecule has 2 aromatic carbocycles. The molecule has 3 aliphatic heterocycles. The summed E-state index contributed by atoms with van der Waals surface area (Å²) in [6.07, 6.45) is 1.25. The Balaban J connectivity index is 1.54. The molecule has 1 aromatic heterocycles. The first-order valence-corrected chi connectivity index (χ1v) is 11.6. The number of aromatic nitrogens is 1. The third-order valence-electron chi connectivity index (χ3n) is 6.90. The van der Waals surface area contributed by atoms with E-state index in [-0.39, 0.29) is 23.8 Å². The number of rotatable bonds is 1. The van der Waals surface area contributed by atoms with Crippen LogP contribution in [-0.4, -0.2) is 46.5 Å². The highest BCUT2D eigenvalue weighted by atomic mass is 32.2. The second kappa shape index (κ2) is 6.40. The minimum atomic E-state index is -0.553. The predicted molar refractivity (Wildman–Crippen MR) is 120 cm³/mol. The molecule has 0 bridgehead atoms. The van der Waals surface area contributed by atoms with E-state index in [1.807, 2.05) is 11.8 Å². The summed E-state index contributed by atoms with van der Waals surface area (Å²) in [7, 11) is 0. The molecule has 160 valence electrons. The molecule has 1 N–H and O–H groups in total. The number of aromatic hydroxyl groups is 1. The molecule has 1 amide bonds. The van der Waals surface area contributed by atoms with Crippen LogP contribution in [0.1, 0.15) is 33.2 Å². The van der Waals surface area contributed by atoms with E-state index in [0.29, 0.717) is 19.8 Å². The summed E-state index contributed by atoms with van der Waals surface area (Å²) in [5.41, 5.74) is 5.64. The summed E-state index contributed by atoms with van der Waals surface area (Å²) < 4.78 is 7.47. The van der Waals surface area contributed by atoms with Gasteiger partial charge in [0.05, 0.1) is 19.3 Å². The Morgan fingerprint density at radius 2 is 1.84 bits per heavy atom. The van der Waals surface area contributed by atoms with Crippen LogP contribution in [0.25, 0.3) is 11.1 Å². The summed E-state index contributed by atoms with van der Waals surface area (Å²) in [6.45, 7) is 1.19. The van der Waals surface area contributed by atoms with Crippen LogP contribution >= 0.6 is 11.8 Å². The van der Waals surface area contributed by atoms with Crippen molar-refractivity contribution >= 4 is 17.7 Å². The van der Waals surface area contributed by atoms with Gasteiger partial charge < -0.3 is 14.7 Å². The van der Waals surface area contributed by atoms with E-state index in [4.69, 9.17) is 4.74 Å². The monoisotopic (exact) mass is 445 g/mol. The van der Waals surface area contributed by atoms with Gasteiger partial charge in [0.1, 0.15) is 6.17 Å². The molecule has 8 heteroatoms. The SMILES string of the molecule is O=C1c2c(O)c(=O)ccn2N(C2c3cccc4c3-c3c(cccc32)SC4)C2COCCN12. The number of amides is 1. The first-order valence-electron chi connectivity index (χ1n) is 10.6. The first kappa shape index (κ1) is 18.4. The maximum absolute atomic E-state index is 13.3. The number of hydrogen-bond donors (Lipinski definition) is 1. The Bertz CT molecular complexity index is 1330. The van der Waals surface area contributed by atoms with Crippen LogP contribution in [0.5, 0.6) is 5.75 Å². The summed E-state index contributed by atoms with van der Waals surface area (Å²) in [6, 6.07) is 13.9. The maximum atomic E-state index is 13.3. The first-order chi connectivity index (χ1) is 15.6. The van der Waals surface area contributed by atoms with Gasteiger partial charge in [0.25, 0.3) is 5.91 Å². The Labute approximate surface area is 187 Å². The van der Waals surface area contributed by atoms with Crippen molar-refractivity contribution < 1.29 is 14.6 Å². The van der Waals surface area contributed by atoms with Crippen LogP contribution in [0, 0.1) is 0 Å². The molecule has 0 radical (unpaired) electrons. The Hall–Kier alpha value is -3.23. The topological polar surface area (TPSA) is 75.0 Å². The molecule has 0 saturated carbocycles. The van der Waals surface area contributed by atoms with E-state index in [1.54, 1.807) is 15.8 Å². The van der Waals surface area contributed by atoms with Gasteiger partial charge in [0.15, 0.2) is 11.4 Å². The second-order valence-electron chi connectivity index (χ2n) is 8.45. The van der Waals surface area contributed by atoms with Gasteiger partial charge in [-0.15, -0.1) is 11.8 Å². The van der Waals surface area contributed by atoms with Gasteiger partial charge in [-0.2, -0.15) is 0 Å². The van der Waals surface area contributed by atoms with E-state index in [9.17, 15) is 14.7 Å². The molecule has 1 fully saturated rings. The quantitative estimate of drug-likeness (QED) is 0.621. The van der Waals surface area contributed by atoms with Gasteiger partial charge in [0.2, 0.25) is 5.43 Å².